The zero-order valence-corrected chi connectivity index (χ0v) is 9.71. The minimum atomic E-state index is 0.0959. The van der Waals surface area contributed by atoms with Gasteiger partial charge in [0.2, 0.25) is 11.0 Å². The molecule has 1 aromatic rings. The number of anilines is 1. The lowest BCUT2D eigenvalue weighted by Gasteiger charge is -2.10. The van der Waals surface area contributed by atoms with Crippen LogP contribution >= 0.6 is 27.3 Å². The normalized spacial score (nSPS) is 21.6. The second kappa shape index (κ2) is 3.78. The van der Waals surface area contributed by atoms with Gasteiger partial charge in [-0.15, -0.1) is 16.8 Å². The molecule has 74 valence electrons. The van der Waals surface area contributed by atoms with Gasteiger partial charge in [0.25, 0.3) is 0 Å². The molecule has 1 aliphatic rings. The predicted molar refractivity (Wildman–Crippen MR) is 58.3 cm³/mol. The molecule has 0 aliphatic carbocycles. The molecule has 1 fully saturated rings. The van der Waals surface area contributed by atoms with Gasteiger partial charge < -0.3 is 0 Å². The van der Waals surface area contributed by atoms with E-state index in [0.29, 0.717) is 22.0 Å². The second-order valence-electron chi connectivity index (χ2n) is 3.04. The van der Waals surface area contributed by atoms with E-state index in [1.807, 2.05) is 6.08 Å². The maximum atomic E-state index is 11.6. The fraction of sp³-hybridized carbons (Fsp3) is 0.375. The molecule has 14 heavy (non-hydrogen) atoms. The SMILES string of the molecule is C=CC1CC(=O)N(c2nnc(Br)s2)C1. The summed E-state index contributed by atoms with van der Waals surface area (Å²) in [6.07, 6.45) is 2.34. The van der Waals surface area contributed by atoms with Crippen molar-refractivity contribution in [2.24, 2.45) is 5.92 Å². The number of aromatic nitrogens is 2. The summed E-state index contributed by atoms with van der Waals surface area (Å²) >= 11 is 4.58. The van der Waals surface area contributed by atoms with Crippen LogP contribution in [-0.2, 0) is 4.79 Å². The molecule has 2 heterocycles. The van der Waals surface area contributed by atoms with Crippen molar-refractivity contribution < 1.29 is 4.79 Å². The van der Waals surface area contributed by atoms with E-state index in [-0.39, 0.29) is 11.8 Å². The Hall–Kier alpha value is -0.750. The summed E-state index contributed by atoms with van der Waals surface area (Å²) in [7, 11) is 0. The average molecular weight is 274 g/mol. The minimum Gasteiger partial charge on any atom is -0.286 e. The van der Waals surface area contributed by atoms with Crippen LogP contribution in [0.4, 0.5) is 5.13 Å². The lowest BCUT2D eigenvalue weighted by atomic mass is 10.1. The number of halogens is 1. The first-order valence-electron chi connectivity index (χ1n) is 4.12. The van der Waals surface area contributed by atoms with Gasteiger partial charge >= 0.3 is 0 Å². The number of hydrogen-bond donors (Lipinski definition) is 0. The van der Waals surface area contributed by atoms with E-state index >= 15 is 0 Å². The molecule has 0 N–H and O–H groups in total. The maximum absolute atomic E-state index is 11.6. The summed E-state index contributed by atoms with van der Waals surface area (Å²) in [6, 6.07) is 0. The monoisotopic (exact) mass is 273 g/mol. The molecule has 1 saturated heterocycles. The maximum Gasteiger partial charge on any atom is 0.229 e. The van der Waals surface area contributed by atoms with E-state index in [4.69, 9.17) is 0 Å². The molecule has 0 radical (unpaired) electrons. The fourth-order valence-corrected chi connectivity index (χ4v) is 2.50. The Kier molecular flexibility index (Phi) is 2.64. The number of carbonyl (C=O) groups excluding carboxylic acids is 1. The van der Waals surface area contributed by atoms with Crippen LogP contribution in [0.25, 0.3) is 0 Å². The van der Waals surface area contributed by atoms with Crippen molar-refractivity contribution in [3.05, 3.63) is 16.6 Å². The van der Waals surface area contributed by atoms with Crippen LogP contribution in [0.2, 0.25) is 0 Å². The van der Waals surface area contributed by atoms with Gasteiger partial charge in [-0.3, -0.25) is 9.69 Å². The van der Waals surface area contributed by atoms with E-state index in [1.54, 1.807) is 4.90 Å². The highest BCUT2D eigenvalue weighted by atomic mass is 79.9. The topological polar surface area (TPSA) is 46.1 Å². The summed E-state index contributed by atoms with van der Waals surface area (Å²) in [5.41, 5.74) is 0. The van der Waals surface area contributed by atoms with E-state index in [1.165, 1.54) is 11.3 Å². The predicted octanol–water partition coefficient (Wildman–Crippen LogP) is 1.84. The molecule has 0 saturated carbocycles. The first-order valence-corrected chi connectivity index (χ1v) is 5.73. The van der Waals surface area contributed by atoms with Crippen molar-refractivity contribution in [2.45, 2.75) is 6.42 Å². The standard InChI is InChI=1S/C8H8BrN3OS/c1-2-5-3-6(13)12(4-5)8-11-10-7(9)14-8/h2,5H,1,3-4H2. The largest absolute Gasteiger partial charge is 0.286 e. The average Bonchev–Trinajstić information content (AvgIpc) is 2.71. The zero-order valence-electron chi connectivity index (χ0n) is 7.31. The molecular weight excluding hydrogens is 266 g/mol. The summed E-state index contributed by atoms with van der Waals surface area (Å²) in [4.78, 5) is 13.2. The molecule has 0 bridgehead atoms. The summed E-state index contributed by atoms with van der Waals surface area (Å²) in [5, 5.41) is 8.38. The highest BCUT2D eigenvalue weighted by Crippen LogP contribution is 2.29. The van der Waals surface area contributed by atoms with E-state index in [0.717, 1.165) is 0 Å². The minimum absolute atomic E-state index is 0.0959. The highest BCUT2D eigenvalue weighted by molar-refractivity contribution is 9.11. The Morgan fingerprint density at radius 2 is 2.43 bits per heavy atom. The quantitative estimate of drug-likeness (QED) is 0.773. The molecule has 4 nitrogen and oxygen atoms in total. The second-order valence-corrected chi connectivity index (χ2v) is 5.27. The molecule has 1 amide bonds. The Morgan fingerprint density at radius 1 is 1.64 bits per heavy atom. The number of rotatable bonds is 2. The van der Waals surface area contributed by atoms with Gasteiger partial charge in [0.15, 0.2) is 3.92 Å². The van der Waals surface area contributed by atoms with Crippen molar-refractivity contribution >= 4 is 38.3 Å². The summed E-state index contributed by atoms with van der Waals surface area (Å²) in [5.74, 6) is 0.337. The molecule has 1 unspecified atom stereocenters. The van der Waals surface area contributed by atoms with Gasteiger partial charge in [-0.1, -0.05) is 17.4 Å². The number of carbonyl (C=O) groups is 1. The van der Waals surface area contributed by atoms with Crippen molar-refractivity contribution in [3.8, 4) is 0 Å². The van der Waals surface area contributed by atoms with Crippen LogP contribution in [-0.4, -0.2) is 22.6 Å². The van der Waals surface area contributed by atoms with Crippen LogP contribution in [0, 0.1) is 5.92 Å². The molecule has 2 rings (SSSR count). The number of amides is 1. The van der Waals surface area contributed by atoms with Crippen molar-refractivity contribution in [3.63, 3.8) is 0 Å². The zero-order chi connectivity index (χ0) is 10.1. The Bertz CT molecular complexity index is 378. The lowest BCUT2D eigenvalue weighted by Crippen LogP contribution is -2.24. The lowest BCUT2D eigenvalue weighted by molar-refractivity contribution is -0.117. The molecule has 0 aromatic carbocycles. The van der Waals surface area contributed by atoms with E-state index in [2.05, 4.69) is 32.7 Å². The molecule has 0 spiro atoms. The van der Waals surface area contributed by atoms with Gasteiger partial charge in [0.05, 0.1) is 0 Å². The summed E-state index contributed by atoms with van der Waals surface area (Å²) < 4.78 is 0.697. The first-order chi connectivity index (χ1) is 6.70. The Balaban J connectivity index is 2.20. The van der Waals surface area contributed by atoms with Crippen LogP contribution < -0.4 is 4.90 Å². The third-order valence-corrected chi connectivity index (χ3v) is 3.49. The van der Waals surface area contributed by atoms with Gasteiger partial charge in [-0.05, 0) is 15.9 Å². The van der Waals surface area contributed by atoms with Crippen LogP contribution in [0.15, 0.2) is 16.6 Å². The molecule has 1 aliphatic heterocycles. The fourth-order valence-electron chi connectivity index (χ4n) is 1.39. The van der Waals surface area contributed by atoms with Gasteiger partial charge in [-0.2, -0.15) is 0 Å². The molecule has 6 heteroatoms. The van der Waals surface area contributed by atoms with Crippen LogP contribution in [0.1, 0.15) is 6.42 Å². The Morgan fingerprint density at radius 3 is 2.93 bits per heavy atom. The molecular formula is C8H8BrN3OS. The van der Waals surface area contributed by atoms with Crippen molar-refractivity contribution in [2.75, 3.05) is 11.4 Å². The van der Waals surface area contributed by atoms with Crippen molar-refractivity contribution in [1.82, 2.24) is 10.2 Å². The van der Waals surface area contributed by atoms with Crippen LogP contribution in [0.3, 0.4) is 0 Å². The van der Waals surface area contributed by atoms with E-state index in [9.17, 15) is 4.79 Å². The van der Waals surface area contributed by atoms with E-state index < -0.39 is 0 Å². The Labute approximate surface area is 93.8 Å². The van der Waals surface area contributed by atoms with Crippen molar-refractivity contribution in [1.29, 1.82) is 0 Å². The highest BCUT2D eigenvalue weighted by Gasteiger charge is 2.30. The summed E-state index contributed by atoms with van der Waals surface area (Å²) in [6.45, 7) is 4.36. The van der Waals surface area contributed by atoms with Gasteiger partial charge in [0.1, 0.15) is 0 Å². The van der Waals surface area contributed by atoms with Gasteiger partial charge in [-0.25, -0.2) is 0 Å². The number of hydrogen-bond acceptors (Lipinski definition) is 4. The third kappa shape index (κ3) is 1.72. The molecule has 1 aromatic heterocycles. The number of nitrogens with zero attached hydrogens (tertiary/aromatic N) is 3. The van der Waals surface area contributed by atoms with Gasteiger partial charge in [0, 0.05) is 18.9 Å². The molecule has 1 atom stereocenters. The van der Waals surface area contributed by atoms with Crippen LogP contribution in [0.5, 0.6) is 0 Å². The first kappa shape index (κ1) is 9.79. The third-order valence-electron chi connectivity index (χ3n) is 2.11. The smallest absolute Gasteiger partial charge is 0.229 e.